The first-order chi connectivity index (χ1) is 10.3. The van der Waals surface area contributed by atoms with Crippen molar-refractivity contribution in [2.24, 2.45) is 0 Å². The molecule has 0 unspecified atom stereocenters. The molecule has 0 N–H and O–H groups in total. The summed E-state index contributed by atoms with van der Waals surface area (Å²) in [6.45, 7) is 4.30. The number of rotatable bonds is 1. The van der Waals surface area contributed by atoms with Crippen LogP contribution >= 0.6 is 0 Å². The van der Waals surface area contributed by atoms with Gasteiger partial charge in [-0.15, -0.1) is 0 Å². The first kappa shape index (κ1) is 12.2. The number of hydrogen-bond acceptors (Lipinski definition) is 1. The molecule has 4 rings (SSSR count). The number of pyridine rings is 1. The largest absolute Gasteiger partial charge is 0.294 e. The minimum atomic E-state index is 1.03. The van der Waals surface area contributed by atoms with Crippen LogP contribution in [0.1, 0.15) is 11.1 Å². The lowest BCUT2D eigenvalue weighted by Gasteiger charge is -2.10. The van der Waals surface area contributed by atoms with E-state index < -0.39 is 0 Å². The van der Waals surface area contributed by atoms with Crippen LogP contribution in [0.4, 0.5) is 0 Å². The predicted octanol–water partition coefficient (Wildman–Crippen LogP) is 4.80. The first-order valence-electron chi connectivity index (χ1n) is 7.18. The Balaban J connectivity index is 2.27. The van der Waals surface area contributed by atoms with Crippen LogP contribution in [-0.4, -0.2) is 9.55 Å². The summed E-state index contributed by atoms with van der Waals surface area (Å²) in [5, 5.41) is 2.51. The van der Waals surface area contributed by atoms with Crippen molar-refractivity contribution in [2.75, 3.05) is 0 Å². The molecule has 0 saturated carbocycles. The first-order valence-corrected chi connectivity index (χ1v) is 7.18. The van der Waals surface area contributed by atoms with Crippen LogP contribution in [0.25, 0.3) is 27.6 Å². The van der Waals surface area contributed by atoms with Crippen molar-refractivity contribution in [2.45, 2.75) is 13.8 Å². The fourth-order valence-corrected chi connectivity index (χ4v) is 3.10. The van der Waals surface area contributed by atoms with E-state index >= 15 is 0 Å². The van der Waals surface area contributed by atoms with Crippen molar-refractivity contribution in [3.8, 4) is 5.69 Å². The Hall–Kier alpha value is -2.61. The van der Waals surface area contributed by atoms with Crippen molar-refractivity contribution >= 4 is 21.9 Å². The van der Waals surface area contributed by atoms with Crippen molar-refractivity contribution in [1.29, 1.82) is 0 Å². The van der Waals surface area contributed by atoms with Gasteiger partial charge in [0.25, 0.3) is 0 Å². The molecule has 2 nitrogen and oxygen atoms in total. The topological polar surface area (TPSA) is 17.8 Å². The second kappa shape index (κ2) is 4.45. The zero-order valence-electron chi connectivity index (χ0n) is 12.2. The Kier molecular flexibility index (Phi) is 2.58. The Morgan fingerprint density at radius 2 is 1.57 bits per heavy atom. The Morgan fingerprint density at radius 3 is 2.43 bits per heavy atom. The summed E-state index contributed by atoms with van der Waals surface area (Å²) in [6.07, 6.45) is 1.89. The van der Waals surface area contributed by atoms with Gasteiger partial charge in [0.2, 0.25) is 0 Å². The second-order valence-corrected chi connectivity index (χ2v) is 5.47. The normalized spacial score (nSPS) is 11.3. The van der Waals surface area contributed by atoms with Crippen LogP contribution in [0.15, 0.2) is 60.8 Å². The fourth-order valence-electron chi connectivity index (χ4n) is 3.10. The quantitative estimate of drug-likeness (QED) is 0.487. The molecule has 0 atom stereocenters. The summed E-state index contributed by atoms with van der Waals surface area (Å²) in [7, 11) is 0. The summed E-state index contributed by atoms with van der Waals surface area (Å²) in [6, 6.07) is 19.1. The molecule has 0 bridgehead atoms. The molecule has 0 aliphatic carbocycles. The van der Waals surface area contributed by atoms with E-state index in [0.29, 0.717) is 0 Å². The Labute approximate surface area is 123 Å². The molecule has 2 heteroatoms. The van der Waals surface area contributed by atoms with E-state index in [1.54, 1.807) is 0 Å². The molecule has 4 aromatic rings. The number of nitrogens with zero attached hydrogens (tertiary/aromatic N) is 2. The maximum Gasteiger partial charge on any atom is 0.145 e. The predicted molar refractivity (Wildman–Crippen MR) is 88.1 cm³/mol. The minimum absolute atomic E-state index is 1.03. The molecule has 0 amide bonds. The van der Waals surface area contributed by atoms with Crippen LogP contribution < -0.4 is 0 Å². The van der Waals surface area contributed by atoms with E-state index in [2.05, 4.69) is 78.0 Å². The van der Waals surface area contributed by atoms with Gasteiger partial charge in [-0.2, -0.15) is 0 Å². The van der Waals surface area contributed by atoms with Gasteiger partial charge in [-0.05, 0) is 43.2 Å². The number of para-hydroxylation sites is 2. The lowest BCUT2D eigenvalue weighted by atomic mass is 10.1. The average Bonchev–Trinajstić information content (AvgIpc) is 2.83. The molecule has 2 heterocycles. The van der Waals surface area contributed by atoms with Crippen molar-refractivity contribution < 1.29 is 0 Å². The van der Waals surface area contributed by atoms with Crippen LogP contribution in [-0.2, 0) is 0 Å². The number of aromatic nitrogens is 2. The average molecular weight is 272 g/mol. The van der Waals surface area contributed by atoms with Gasteiger partial charge < -0.3 is 0 Å². The van der Waals surface area contributed by atoms with E-state index in [4.69, 9.17) is 0 Å². The third kappa shape index (κ3) is 1.69. The molecule has 2 aromatic heterocycles. The molecular weight excluding hydrogens is 256 g/mol. The summed E-state index contributed by atoms with van der Waals surface area (Å²) in [4.78, 5) is 4.66. The maximum absolute atomic E-state index is 4.66. The smallest absolute Gasteiger partial charge is 0.145 e. The summed E-state index contributed by atoms with van der Waals surface area (Å²) < 4.78 is 2.27. The van der Waals surface area contributed by atoms with E-state index in [-0.39, 0.29) is 0 Å². The lowest BCUT2D eigenvalue weighted by molar-refractivity contribution is 1.11. The van der Waals surface area contributed by atoms with Crippen LogP contribution in [0.2, 0.25) is 0 Å². The van der Waals surface area contributed by atoms with Crippen molar-refractivity contribution in [3.05, 3.63) is 71.9 Å². The van der Waals surface area contributed by atoms with Crippen LogP contribution in [0, 0.1) is 13.8 Å². The Bertz CT molecular complexity index is 964. The lowest BCUT2D eigenvalue weighted by Crippen LogP contribution is -1.97. The van der Waals surface area contributed by atoms with Crippen molar-refractivity contribution in [1.82, 2.24) is 9.55 Å². The molecule has 0 radical (unpaired) electrons. The molecule has 0 fully saturated rings. The van der Waals surface area contributed by atoms with E-state index in [0.717, 1.165) is 5.65 Å². The van der Waals surface area contributed by atoms with Gasteiger partial charge in [0, 0.05) is 17.0 Å². The highest BCUT2D eigenvalue weighted by Gasteiger charge is 2.15. The van der Waals surface area contributed by atoms with E-state index in [9.17, 15) is 0 Å². The molecule has 0 spiro atoms. The monoisotopic (exact) mass is 272 g/mol. The van der Waals surface area contributed by atoms with E-state index in [1.807, 2.05) is 6.20 Å². The molecular formula is C19H16N2. The highest BCUT2D eigenvalue weighted by molar-refractivity contribution is 6.09. The minimum Gasteiger partial charge on any atom is -0.294 e. The summed E-state index contributed by atoms with van der Waals surface area (Å²) in [5.41, 5.74) is 5.96. The van der Waals surface area contributed by atoms with Gasteiger partial charge in [-0.3, -0.25) is 4.57 Å². The summed E-state index contributed by atoms with van der Waals surface area (Å²) in [5.74, 6) is 0. The molecule has 21 heavy (non-hydrogen) atoms. The van der Waals surface area contributed by atoms with E-state index in [1.165, 1.54) is 33.1 Å². The fraction of sp³-hybridized carbons (Fsp3) is 0.105. The van der Waals surface area contributed by atoms with Gasteiger partial charge in [0.1, 0.15) is 5.65 Å². The van der Waals surface area contributed by atoms with Crippen molar-refractivity contribution in [3.63, 3.8) is 0 Å². The van der Waals surface area contributed by atoms with Gasteiger partial charge in [-0.1, -0.05) is 36.4 Å². The van der Waals surface area contributed by atoms with Gasteiger partial charge in [0.05, 0.1) is 11.2 Å². The maximum atomic E-state index is 4.66. The third-order valence-corrected chi connectivity index (χ3v) is 4.12. The molecule has 0 aliphatic heterocycles. The SMILES string of the molecule is Cc1ccccc1-n1c2ccccc2c2c(C)ccnc21. The van der Waals surface area contributed by atoms with Gasteiger partial charge in [0.15, 0.2) is 0 Å². The molecule has 0 saturated heterocycles. The number of fused-ring (bicyclic) bond motifs is 3. The van der Waals surface area contributed by atoms with Crippen LogP contribution in [0.3, 0.4) is 0 Å². The van der Waals surface area contributed by atoms with Crippen LogP contribution in [0.5, 0.6) is 0 Å². The van der Waals surface area contributed by atoms with Gasteiger partial charge >= 0.3 is 0 Å². The van der Waals surface area contributed by atoms with Gasteiger partial charge in [-0.25, -0.2) is 4.98 Å². The molecule has 102 valence electrons. The standard InChI is InChI=1S/C19H16N2/c1-13-7-3-5-9-16(13)21-17-10-6-4-8-15(17)18-14(2)11-12-20-19(18)21/h3-12H,1-2H3. The molecule has 2 aromatic carbocycles. The number of aryl methyl sites for hydroxylation is 2. The summed E-state index contributed by atoms with van der Waals surface area (Å²) >= 11 is 0. The number of hydrogen-bond donors (Lipinski definition) is 0. The Morgan fingerprint density at radius 1 is 0.810 bits per heavy atom. The number of benzene rings is 2. The zero-order chi connectivity index (χ0) is 14.4. The highest BCUT2D eigenvalue weighted by atomic mass is 15.0. The second-order valence-electron chi connectivity index (χ2n) is 5.47. The molecule has 0 aliphatic rings. The third-order valence-electron chi connectivity index (χ3n) is 4.12. The highest BCUT2D eigenvalue weighted by Crippen LogP contribution is 2.33. The zero-order valence-corrected chi connectivity index (χ0v) is 12.2.